The van der Waals surface area contributed by atoms with Crippen LogP contribution in [0.25, 0.3) is 0 Å². The summed E-state index contributed by atoms with van der Waals surface area (Å²) >= 11 is 0. The van der Waals surface area contributed by atoms with Crippen molar-refractivity contribution in [2.45, 2.75) is 19.8 Å². The molecule has 2 aromatic rings. The van der Waals surface area contributed by atoms with Gasteiger partial charge < -0.3 is 15.8 Å². The molecule has 1 aromatic heterocycles. The summed E-state index contributed by atoms with van der Waals surface area (Å²) in [5, 5.41) is 6.72. The van der Waals surface area contributed by atoms with Crippen molar-refractivity contribution >= 4 is 35.6 Å². The van der Waals surface area contributed by atoms with Crippen molar-refractivity contribution < 1.29 is 17.9 Å². The van der Waals surface area contributed by atoms with Crippen molar-refractivity contribution in [1.82, 2.24) is 9.78 Å². The molecule has 0 saturated carbocycles. The number of para-hydroxylation sites is 2. The zero-order valence-corrected chi connectivity index (χ0v) is 15.7. The van der Waals surface area contributed by atoms with Gasteiger partial charge in [0, 0.05) is 25.5 Å². The first-order valence-corrected chi connectivity index (χ1v) is 7.22. The molecule has 25 heavy (non-hydrogen) atoms. The normalized spacial score (nSPS) is 13.0. The van der Waals surface area contributed by atoms with E-state index in [0.29, 0.717) is 13.1 Å². The molecule has 0 spiro atoms. The summed E-state index contributed by atoms with van der Waals surface area (Å²) in [6, 6.07) is 7.45. The van der Waals surface area contributed by atoms with Gasteiger partial charge in [0.15, 0.2) is 11.7 Å². The fourth-order valence-corrected chi connectivity index (χ4v) is 2.00. The maximum Gasteiger partial charge on any atom is 0.573 e. The number of nitrogens with one attached hydrogen (secondary N) is 1. The third-order valence-electron chi connectivity index (χ3n) is 3.01. The summed E-state index contributed by atoms with van der Waals surface area (Å²) in [7, 11) is 0. The van der Waals surface area contributed by atoms with Crippen LogP contribution in [-0.2, 0) is 6.54 Å². The Morgan fingerprint density at radius 1 is 1.36 bits per heavy atom. The molecular weight excluding hydrogens is 450 g/mol. The Kier molecular flexibility index (Phi) is 8.00. The van der Waals surface area contributed by atoms with E-state index in [1.807, 2.05) is 19.2 Å². The Hall–Kier alpha value is -1.98. The van der Waals surface area contributed by atoms with Crippen LogP contribution in [0.2, 0.25) is 0 Å². The molecule has 10 heteroatoms. The van der Waals surface area contributed by atoms with Gasteiger partial charge in [-0.15, -0.1) is 37.1 Å². The highest BCUT2D eigenvalue weighted by Gasteiger charge is 2.32. The molecule has 0 amide bonds. The van der Waals surface area contributed by atoms with Gasteiger partial charge in [-0.05, 0) is 24.1 Å². The molecule has 6 nitrogen and oxygen atoms in total. The number of nitrogens with two attached hydrogens (primary N) is 1. The van der Waals surface area contributed by atoms with Crippen molar-refractivity contribution in [2.24, 2.45) is 16.6 Å². The number of aliphatic imine (C=N–C) groups is 1. The van der Waals surface area contributed by atoms with Crippen LogP contribution in [0.4, 0.5) is 18.9 Å². The first-order chi connectivity index (χ1) is 11.3. The van der Waals surface area contributed by atoms with Gasteiger partial charge in [0.25, 0.3) is 0 Å². The largest absolute Gasteiger partial charge is 0.573 e. The van der Waals surface area contributed by atoms with E-state index in [4.69, 9.17) is 5.73 Å². The number of hydrogen-bond donors (Lipinski definition) is 2. The van der Waals surface area contributed by atoms with Gasteiger partial charge in [0.05, 0.1) is 5.69 Å². The second kappa shape index (κ2) is 9.49. The third kappa shape index (κ3) is 7.63. The van der Waals surface area contributed by atoms with Gasteiger partial charge in [0.1, 0.15) is 0 Å². The van der Waals surface area contributed by atoms with Gasteiger partial charge in [0.2, 0.25) is 0 Å². The van der Waals surface area contributed by atoms with Crippen LogP contribution >= 0.6 is 24.0 Å². The lowest BCUT2D eigenvalue weighted by molar-refractivity contribution is -0.274. The van der Waals surface area contributed by atoms with Crippen LogP contribution in [0.5, 0.6) is 5.75 Å². The Morgan fingerprint density at radius 3 is 2.72 bits per heavy atom. The lowest BCUT2D eigenvalue weighted by Crippen LogP contribution is -2.25. The fourth-order valence-electron chi connectivity index (χ4n) is 2.00. The number of nitrogens with zero attached hydrogens (tertiary/aromatic N) is 3. The lowest BCUT2D eigenvalue weighted by atomic mass is 10.2. The molecule has 1 atom stereocenters. The Balaban J connectivity index is 0.00000312. The first kappa shape index (κ1) is 21.1. The monoisotopic (exact) mass is 469 g/mol. The summed E-state index contributed by atoms with van der Waals surface area (Å²) in [6.07, 6.45) is -1.25. The van der Waals surface area contributed by atoms with Crippen LogP contribution in [0, 0.1) is 5.92 Å². The molecule has 0 saturated heterocycles. The number of halogens is 4. The number of benzene rings is 1. The number of hydrogen-bond acceptors (Lipinski definition) is 3. The molecule has 1 aromatic carbocycles. The highest BCUT2D eigenvalue weighted by atomic mass is 127. The van der Waals surface area contributed by atoms with E-state index in [1.54, 1.807) is 16.9 Å². The predicted molar refractivity (Wildman–Crippen MR) is 100 cm³/mol. The quantitative estimate of drug-likeness (QED) is 0.386. The number of anilines is 1. The topological polar surface area (TPSA) is 77.5 Å². The van der Waals surface area contributed by atoms with Crippen LogP contribution in [0.3, 0.4) is 0 Å². The summed E-state index contributed by atoms with van der Waals surface area (Å²) in [6.45, 7) is 3.04. The zero-order chi connectivity index (χ0) is 17.6. The van der Waals surface area contributed by atoms with E-state index in [1.165, 1.54) is 18.2 Å². The van der Waals surface area contributed by atoms with E-state index in [0.717, 1.165) is 0 Å². The first-order valence-electron chi connectivity index (χ1n) is 7.22. The van der Waals surface area contributed by atoms with Crippen LogP contribution in [-0.4, -0.2) is 28.6 Å². The standard InChI is InChI=1S/C15H18F3N5O.HI/c1-11(10-23-8-4-7-21-23)9-20-14(19)22-12-5-2-3-6-13(12)24-15(16,17)18;/h2-8,11H,9-10H2,1H3,(H3,19,20,22);1H. The number of alkyl halides is 3. The van der Waals surface area contributed by atoms with Gasteiger partial charge in [-0.1, -0.05) is 19.1 Å². The average Bonchev–Trinajstić information content (AvgIpc) is 2.99. The summed E-state index contributed by atoms with van der Waals surface area (Å²) < 4.78 is 42.8. The average molecular weight is 469 g/mol. The Bertz CT molecular complexity index is 676. The molecule has 2 rings (SSSR count). The molecule has 0 aliphatic carbocycles. The molecule has 3 N–H and O–H groups in total. The number of guanidine groups is 1. The minimum absolute atomic E-state index is 0. The zero-order valence-electron chi connectivity index (χ0n) is 13.4. The smallest absolute Gasteiger partial charge is 0.404 e. The molecule has 1 unspecified atom stereocenters. The Labute approximate surface area is 160 Å². The predicted octanol–water partition coefficient (Wildman–Crippen LogP) is 3.46. The van der Waals surface area contributed by atoms with Gasteiger partial charge >= 0.3 is 6.36 Å². The number of aromatic nitrogens is 2. The van der Waals surface area contributed by atoms with Crippen molar-refractivity contribution in [1.29, 1.82) is 0 Å². The minimum Gasteiger partial charge on any atom is -0.404 e. The number of ether oxygens (including phenoxy) is 1. The molecule has 0 aliphatic heterocycles. The van der Waals surface area contributed by atoms with Crippen LogP contribution in [0.1, 0.15) is 6.92 Å². The van der Waals surface area contributed by atoms with Gasteiger partial charge in [-0.2, -0.15) is 5.10 Å². The SMILES string of the molecule is CC(CN=C(N)Nc1ccccc1OC(F)(F)F)Cn1cccn1.I. The van der Waals surface area contributed by atoms with E-state index in [2.05, 4.69) is 20.1 Å². The number of rotatable bonds is 6. The minimum atomic E-state index is -4.78. The highest BCUT2D eigenvalue weighted by Crippen LogP contribution is 2.29. The van der Waals surface area contributed by atoms with E-state index >= 15 is 0 Å². The molecular formula is C15H19F3IN5O. The molecule has 0 aliphatic rings. The lowest BCUT2D eigenvalue weighted by Gasteiger charge is -2.14. The van der Waals surface area contributed by atoms with Crippen LogP contribution < -0.4 is 15.8 Å². The van der Waals surface area contributed by atoms with Crippen molar-refractivity contribution in [3.63, 3.8) is 0 Å². The second-order valence-electron chi connectivity index (χ2n) is 5.23. The summed E-state index contributed by atoms with van der Waals surface area (Å²) in [4.78, 5) is 4.14. The van der Waals surface area contributed by atoms with Crippen molar-refractivity contribution in [2.75, 3.05) is 11.9 Å². The summed E-state index contributed by atoms with van der Waals surface area (Å²) in [5.41, 5.74) is 5.83. The van der Waals surface area contributed by atoms with Crippen molar-refractivity contribution in [3.05, 3.63) is 42.7 Å². The molecule has 0 radical (unpaired) electrons. The fraction of sp³-hybridized carbons (Fsp3) is 0.333. The summed E-state index contributed by atoms with van der Waals surface area (Å²) in [5.74, 6) is -0.194. The maximum absolute atomic E-state index is 12.4. The van der Waals surface area contributed by atoms with Crippen molar-refractivity contribution in [3.8, 4) is 5.75 Å². The molecule has 0 bridgehead atoms. The Morgan fingerprint density at radius 2 is 2.08 bits per heavy atom. The van der Waals surface area contributed by atoms with E-state index in [-0.39, 0.29) is 47.3 Å². The molecule has 0 fully saturated rings. The van der Waals surface area contributed by atoms with E-state index in [9.17, 15) is 13.2 Å². The van der Waals surface area contributed by atoms with Gasteiger partial charge in [-0.25, -0.2) is 0 Å². The van der Waals surface area contributed by atoms with E-state index < -0.39 is 6.36 Å². The van der Waals surface area contributed by atoms with Crippen LogP contribution in [0.15, 0.2) is 47.7 Å². The second-order valence-corrected chi connectivity index (χ2v) is 5.23. The van der Waals surface area contributed by atoms with Gasteiger partial charge in [-0.3, -0.25) is 9.67 Å². The maximum atomic E-state index is 12.4. The third-order valence-corrected chi connectivity index (χ3v) is 3.01. The molecule has 138 valence electrons. The molecule has 1 heterocycles. The highest BCUT2D eigenvalue weighted by molar-refractivity contribution is 14.0.